The number of hydrogen-bond acceptors (Lipinski definition) is 2. The summed E-state index contributed by atoms with van der Waals surface area (Å²) in [5.74, 6) is 0.662. The molecule has 2 aromatic carbocycles. The molecule has 0 radical (unpaired) electrons. The molecule has 2 aromatic rings. The number of hydrogen-bond donors (Lipinski definition) is 0. The van der Waals surface area contributed by atoms with E-state index in [-0.39, 0.29) is 5.92 Å². The van der Waals surface area contributed by atoms with Crippen molar-refractivity contribution in [2.75, 3.05) is 6.61 Å². The third kappa shape index (κ3) is 4.51. The number of halogens is 1. The van der Waals surface area contributed by atoms with Crippen molar-refractivity contribution in [1.82, 2.24) is 0 Å². The van der Waals surface area contributed by atoms with E-state index in [1.807, 2.05) is 42.5 Å². The maximum Gasteiger partial charge on any atom is 0.119 e. The van der Waals surface area contributed by atoms with Gasteiger partial charge in [-0.15, -0.1) is 0 Å². The molecule has 108 valence electrons. The Kier molecular flexibility index (Phi) is 5.66. The van der Waals surface area contributed by atoms with E-state index in [4.69, 9.17) is 16.3 Å². The second-order valence-electron chi connectivity index (χ2n) is 4.87. The minimum Gasteiger partial charge on any atom is -0.494 e. The van der Waals surface area contributed by atoms with Crippen LogP contribution in [0.2, 0.25) is 5.02 Å². The Morgan fingerprint density at radius 2 is 2.00 bits per heavy atom. The van der Waals surface area contributed by atoms with Gasteiger partial charge in [0.1, 0.15) is 5.75 Å². The lowest BCUT2D eigenvalue weighted by Crippen LogP contribution is -2.04. The minimum absolute atomic E-state index is 0.196. The molecule has 0 heterocycles. The maximum absolute atomic E-state index is 9.30. The Morgan fingerprint density at radius 3 is 2.71 bits per heavy atom. The fraction of sp³-hybridized carbons (Fsp3) is 0.278. The highest BCUT2D eigenvalue weighted by molar-refractivity contribution is 6.30. The van der Waals surface area contributed by atoms with Crippen LogP contribution in [0.5, 0.6) is 5.75 Å². The van der Waals surface area contributed by atoms with E-state index < -0.39 is 0 Å². The molecule has 1 unspecified atom stereocenters. The average Bonchev–Trinajstić information content (AvgIpc) is 2.52. The first-order valence-electron chi connectivity index (χ1n) is 7.09. The van der Waals surface area contributed by atoms with Gasteiger partial charge in [0.2, 0.25) is 0 Å². The second-order valence-corrected chi connectivity index (χ2v) is 5.31. The quantitative estimate of drug-likeness (QED) is 0.753. The number of rotatable bonds is 6. The molecular weight excluding hydrogens is 282 g/mol. The Morgan fingerprint density at radius 1 is 1.19 bits per heavy atom. The standard InChI is InChI=1S/C18H18ClNO/c1-2-14-5-3-8-18(11-14)21-10-9-16(13-20)15-6-4-7-17(19)12-15/h3-8,11-12,16H,2,9-10H2,1H3. The van der Waals surface area contributed by atoms with Crippen LogP contribution in [0.3, 0.4) is 0 Å². The molecule has 0 aliphatic rings. The monoisotopic (exact) mass is 299 g/mol. The Hall–Kier alpha value is -1.98. The molecule has 0 aromatic heterocycles. The number of nitriles is 1. The zero-order valence-corrected chi connectivity index (χ0v) is 12.8. The first-order chi connectivity index (χ1) is 10.2. The number of benzene rings is 2. The Balaban J connectivity index is 1.93. The third-order valence-corrected chi connectivity index (χ3v) is 3.62. The van der Waals surface area contributed by atoms with E-state index in [1.54, 1.807) is 0 Å². The smallest absolute Gasteiger partial charge is 0.119 e. The van der Waals surface area contributed by atoms with Gasteiger partial charge in [-0.3, -0.25) is 0 Å². The van der Waals surface area contributed by atoms with Crippen molar-refractivity contribution in [2.24, 2.45) is 0 Å². The van der Waals surface area contributed by atoms with Crippen molar-refractivity contribution in [3.63, 3.8) is 0 Å². The van der Waals surface area contributed by atoms with E-state index in [9.17, 15) is 5.26 Å². The lowest BCUT2D eigenvalue weighted by atomic mass is 9.98. The zero-order valence-electron chi connectivity index (χ0n) is 12.1. The molecule has 0 saturated carbocycles. The van der Waals surface area contributed by atoms with Crippen LogP contribution in [0.15, 0.2) is 48.5 Å². The molecule has 2 rings (SSSR count). The largest absolute Gasteiger partial charge is 0.494 e. The van der Waals surface area contributed by atoms with E-state index in [0.717, 1.165) is 17.7 Å². The molecule has 0 aliphatic heterocycles. The normalized spacial score (nSPS) is 11.7. The molecule has 3 heteroatoms. The van der Waals surface area contributed by atoms with Gasteiger partial charge in [-0.1, -0.05) is 42.8 Å². The Bertz CT molecular complexity index is 633. The van der Waals surface area contributed by atoms with Crippen LogP contribution >= 0.6 is 11.6 Å². The van der Waals surface area contributed by atoms with Crippen LogP contribution in [0.1, 0.15) is 30.4 Å². The van der Waals surface area contributed by atoms with E-state index in [2.05, 4.69) is 19.1 Å². The minimum atomic E-state index is -0.196. The van der Waals surface area contributed by atoms with Crippen molar-refractivity contribution in [3.8, 4) is 11.8 Å². The predicted molar refractivity (Wildman–Crippen MR) is 85.7 cm³/mol. The Labute approximate surface area is 130 Å². The van der Waals surface area contributed by atoms with Crippen LogP contribution in [0.4, 0.5) is 0 Å². The summed E-state index contributed by atoms with van der Waals surface area (Å²) < 4.78 is 5.75. The summed E-state index contributed by atoms with van der Waals surface area (Å²) in [6, 6.07) is 17.8. The summed E-state index contributed by atoms with van der Waals surface area (Å²) in [7, 11) is 0. The fourth-order valence-corrected chi connectivity index (χ4v) is 2.38. The third-order valence-electron chi connectivity index (χ3n) is 3.39. The summed E-state index contributed by atoms with van der Waals surface area (Å²) >= 11 is 5.97. The van der Waals surface area contributed by atoms with Gasteiger partial charge in [-0.2, -0.15) is 5.26 Å². The maximum atomic E-state index is 9.30. The van der Waals surface area contributed by atoms with Crippen molar-refractivity contribution in [2.45, 2.75) is 25.7 Å². The number of aryl methyl sites for hydroxylation is 1. The van der Waals surface area contributed by atoms with Gasteiger partial charge in [0.15, 0.2) is 0 Å². The average molecular weight is 300 g/mol. The number of nitrogens with zero attached hydrogens (tertiary/aromatic N) is 1. The summed E-state index contributed by atoms with van der Waals surface area (Å²) in [5.41, 5.74) is 2.19. The van der Waals surface area contributed by atoms with Crippen LogP contribution in [-0.4, -0.2) is 6.61 Å². The van der Waals surface area contributed by atoms with Crippen LogP contribution in [0, 0.1) is 11.3 Å². The molecule has 0 aliphatic carbocycles. The van der Waals surface area contributed by atoms with Gasteiger partial charge in [-0.05, 0) is 41.8 Å². The predicted octanol–water partition coefficient (Wildman–Crippen LogP) is 4.98. The summed E-state index contributed by atoms with van der Waals surface area (Å²) in [6.45, 7) is 2.63. The van der Waals surface area contributed by atoms with Gasteiger partial charge < -0.3 is 4.74 Å². The molecule has 0 amide bonds. The van der Waals surface area contributed by atoms with Gasteiger partial charge >= 0.3 is 0 Å². The molecule has 0 spiro atoms. The highest BCUT2D eigenvalue weighted by atomic mass is 35.5. The van der Waals surface area contributed by atoms with E-state index >= 15 is 0 Å². The molecule has 0 N–H and O–H groups in total. The lowest BCUT2D eigenvalue weighted by molar-refractivity contribution is 0.305. The van der Waals surface area contributed by atoms with Gasteiger partial charge in [-0.25, -0.2) is 0 Å². The molecular formula is C18H18ClNO. The van der Waals surface area contributed by atoms with Gasteiger partial charge in [0.05, 0.1) is 18.6 Å². The second kappa shape index (κ2) is 7.71. The molecule has 0 bridgehead atoms. The van der Waals surface area contributed by atoms with Gasteiger partial charge in [0.25, 0.3) is 0 Å². The molecule has 1 atom stereocenters. The molecule has 0 saturated heterocycles. The van der Waals surface area contributed by atoms with E-state index in [1.165, 1.54) is 5.56 Å². The highest BCUT2D eigenvalue weighted by Gasteiger charge is 2.11. The first-order valence-corrected chi connectivity index (χ1v) is 7.47. The highest BCUT2D eigenvalue weighted by Crippen LogP contribution is 2.23. The zero-order chi connectivity index (χ0) is 15.1. The van der Waals surface area contributed by atoms with Crippen LogP contribution in [0.25, 0.3) is 0 Å². The van der Waals surface area contributed by atoms with Gasteiger partial charge in [0, 0.05) is 11.4 Å². The van der Waals surface area contributed by atoms with Crippen molar-refractivity contribution in [3.05, 3.63) is 64.7 Å². The summed E-state index contributed by atoms with van der Waals surface area (Å²) in [4.78, 5) is 0. The number of ether oxygens (including phenoxy) is 1. The molecule has 21 heavy (non-hydrogen) atoms. The first kappa shape index (κ1) is 15.4. The van der Waals surface area contributed by atoms with E-state index in [0.29, 0.717) is 18.1 Å². The molecule has 0 fully saturated rings. The SMILES string of the molecule is CCc1cccc(OCCC(C#N)c2cccc(Cl)c2)c1. The lowest BCUT2D eigenvalue weighted by Gasteiger charge is -2.11. The van der Waals surface area contributed by atoms with Crippen LogP contribution < -0.4 is 4.74 Å². The van der Waals surface area contributed by atoms with Crippen molar-refractivity contribution < 1.29 is 4.74 Å². The summed E-state index contributed by atoms with van der Waals surface area (Å²) in [6.07, 6.45) is 1.63. The summed E-state index contributed by atoms with van der Waals surface area (Å²) in [5, 5.41) is 9.96. The molecule has 2 nitrogen and oxygen atoms in total. The topological polar surface area (TPSA) is 33.0 Å². The van der Waals surface area contributed by atoms with Crippen molar-refractivity contribution in [1.29, 1.82) is 5.26 Å². The van der Waals surface area contributed by atoms with Crippen LogP contribution in [-0.2, 0) is 6.42 Å². The fourth-order valence-electron chi connectivity index (χ4n) is 2.18. The van der Waals surface area contributed by atoms with Crippen molar-refractivity contribution >= 4 is 11.6 Å².